The van der Waals surface area contributed by atoms with E-state index in [1.165, 1.54) is 0 Å². The molecule has 0 spiro atoms. The number of hydrazone groups is 1. The number of aliphatic hydroxyl groups is 5. The van der Waals surface area contributed by atoms with Crippen LogP contribution in [0.15, 0.2) is 40.1 Å². The number of amides is 1. The zero-order valence-electron chi connectivity index (χ0n) is 14.9. The summed E-state index contributed by atoms with van der Waals surface area (Å²) in [5, 5.41) is 52.9. The molecule has 1 amide bonds. The van der Waals surface area contributed by atoms with Gasteiger partial charge in [0.15, 0.2) is 0 Å². The van der Waals surface area contributed by atoms with Crippen molar-refractivity contribution >= 4 is 24.2 Å². The van der Waals surface area contributed by atoms with Crippen LogP contribution in [-0.2, 0) is 4.79 Å². The number of hydrogen-bond acceptors (Lipinski definition) is 10. The maximum Gasteiger partial charge on any atom is 0.276 e. The Kier molecular flexibility index (Phi) is 7.61. The third-order valence-corrected chi connectivity index (χ3v) is 3.79. The summed E-state index contributed by atoms with van der Waals surface area (Å²) in [5.41, 5.74) is 3.24. The first-order valence-electron chi connectivity index (χ1n) is 8.23. The maximum absolute atomic E-state index is 11.9. The van der Waals surface area contributed by atoms with E-state index in [0.717, 1.165) is 11.8 Å². The first kappa shape index (κ1) is 21.5. The zero-order valence-corrected chi connectivity index (χ0v) is 14.9. The molecule has 1 aromatic rings. The smallest absolute Gasteiger partial charge is 0.276 e. The molecule has 0 bridgehead atoms. The second-order valence-corrected chi connectivity index (χ2v) is 5.83. The first-order chi connectivity index (χ1) is 13.3. The number of rotatable bonds is 8. The summed E-state index contributed by atoms with van der Waals surface area (Å²) in [4.78, 5) is 15.9. The Morgan fingerprint density at radius 3 is 2.50 bits per heavy atom. The Hall–Kier alpha value is -2.83. The van der Waals surface area contributed by atoms with E-state index in [4.69, 9.17) is 9.84 Å². The van der Waals surface area contributed by atoms with Crippen LogP contribution in [0.1, 0.15) is 5.56 Å². The van der Waals surface area contributed by atoms with Gasteiger partial charge in [-0.15, -0.1) is 0 Å². The van der Waals surface area contributed by atoms with Gasteiger partial charge >= 0.3 is 0 Å². The Morgan fingerprint density at radius 2 is 1.89 bits per heavy atom. The predicted octanol–water partition coefficient (Wildman–Crippen LogP) is -2.47. The largest absolute Gasteiger partial charge is 0.497 e. The summed E-state index contributed by atoms with van der Waals surface area (Å²) >= 11 is 0. The molecule has 0 saturated carbocycles. The molecule has 11 heteroatoms. The van der Waals surface area contributed by atoms with Crippen LogP contribution in [0.4, 0.5) is 0 Å². The van der Waals surface area contributed by atoms with E-state index in [2.05, 4.69) is 20.8 Å². The van der Waals surface area contributed by atoms with Gasteiger partial charge in [0.1, 0.15) is 35.9 Å². The first-order valence-corrected chi connectivity index (χ1v) is 8.23. The number of nitrogens with zero attached hydrogens (tertiary/aromatic N) is 2. The minimum Gasteiger partial charge on any atom is -0.497 e. The number of methoxy groups -OCH3 is 1. The summed E-state index contributed by atoms with van der Waals surface area (Å²) in [6, 6.07) is 6.98. The van der Waals surface area contributed by atoms with Crippen LogP contribution in [0.5, 0.6) is 5.75 Å². The number of nitrogens with one attached hydrogen (secondary N) is 2. The molecule has 1 aliphatic heterocycles. The van der Waals surface area contributed by atoms with Crippen molar-refractivity contribution < 1.29 is 35.1 Å². The Bertz CT molecular complexity index is 763. The Morgan fingerprint density at radius 1 is 1.21 bits per heavy atom. The molecule has 0 aliphatic carbocycles. The zero-order chi connectivity index (χ0) is 20.7. The van der Waals surface area contributed by atoms with Crippen LogP contribution in [0.3, 0.4) is 0 Å². The number of guanidine groups is 1. The fraction of sp³-hybridized carbons (Fsp3) is 0.353. The average Bonchev–Trinajstić information content (AvgIpc) is 3.05. The summed E-state index contributed by atoms with van der Waals surface area (Å²) in [5.74, 6) is 0.213. The summed E-state index contributed by atoms with van der Waals surface area (Å²) in [7, 11) is 1.55. The fourth-order valence-corrected chi connectivity index (χ4v) is 2.18. The van der Waals surface area contributed by atoms with Crippen LogP contribution in [0.2, 0.25) is 0 Å². The van der Waals surface area contributed by atoms with Crippen LogP contribution in [0.25, 0.3) is 6.08 Å². The molecule has 0 radical (unpaired) electrons. The number of aliphatic hydroxyl groups excluding tert-OH is 5. The molecule has 28 heavy (non-hydrogen) atoms. The van der Waals surface area contributed by atoms with Gasteiger partial charge in [0.05, 0.1) is 19.9 Å². The molecule has 0 unspecified atom stereocenters. The van der Waals surface area contributed by atoms with Gasteiger partial charge in [-0.1, -0.05) is 12.1 Å². The topological polar surface area (TPSA) is 176 Å². The van der Waals surface area contributed by atoms with Crippen molar-refractivity contribution in [2.75, 3.05) is 13.7 Å². The van der Waals surface area contributed by atoms with Crippen molar-refractivity contribution in [3.8, 4) is 5.75 Å². The Balaban J connectivity index is 1.97. The lowest BCUT2D eigenvalue weighted by Crippen LogP contribution is -2.46. The lowest BCUT2D eigenvalue weighted by Gasteiger charge is -2.23. The van der Waals surface area contributed by atoms with E-state index >= 15 is 0 Å². The van der Waals surface area contributed by atoms with Crippen molar-refractivity contribution in [1.82, 2.24) is 10.7 Å². The minimum absolute atomic E-state index is 0.00126. The van der Waals surface area contributed by atoms with Gasteiger partial charge in [0, 0.05) is 0 Å². The van der Waals surface area contributed by atoms with Gasteiger partial charge in [-0.2, -0.15) is 5.10 Å². The summed E-state index contributed by atoms with van der Waals surface area (Å²) < 4.78 is 5.06. The van der Waals surface area contributed by atoms with E-state index < -0.39 is 36.9 Å². The molecular formula is C17H22N4O7. The molecule has 4 atom stereocenters. The number of aliphatic imine (C=N–C) groups is 1. The van der Waals surface area contributed by atoms with Gasteiger partial charge in [-0.25, -0.2) is 10.4 Å². The van der Waals surface area contributed by atoms with Gasteiger partial charge in [-0.05, 0) is 23.8 Å². The fourth-order valence-electron chi connectivity index (χ4n) is 2.18. The number of carbonyl (C=O) groups excluding carboxylic acids is 1. The lowest BCUT2D eigenvalue weighted by molar-refractivity contribution is -0.115. The van der Waals surface area contributed by atoms with E-state index in [-0.39, 0.29) is 11.7 Å². The van der Waals surface area contributed by atoms with Crippen LogP contribution >= 0.6 is 0 Å². The van der Waals surface area contributed by atoms with E-state index in [0.29, 0.717) is 5.75 Å². The number of carbonyl (C=O) groups is 1. The van der Waals surface area contributed by atoms with E-state index in [9.17, 15) is 25.2 Å². The van der Waals surface area contributed by atoms with E-state index in [1.807, 2.05) is 0 Å². The minimum atomic E-state index is -1.78. The molecule has 11 nitrogen and oxygen atoms in total. The summed E-state index contributed by atoms with van der Waals surface area (Å²) in [6.45, 7) is -0.785. The second-order valence-electron chi connectivity index (χ2n) is 5.83. The number of hydrogen-bond donors (Lipinski definition) is 7. The molecule has 0 fully saturated rings. The van der Waals surface area contributed by atoms with Crippen molar-refractivity contribution in [3.05, 3.63) is 35.5 Å². The van der Waals surface area contributed by atoms with Crippen molar-refractivity contribution in [2.45, 2.75) is 24.4 Å². The normalized spacial score (nSPS) is 19.9. The van der Waals surface area contributed by atoms with E-state index in [1.54, 1.807) is 37.5 Å². The molecule has 152 valence electrons. The highest BCUT2D eigenvalue weighted by molar-refractivity contribution is 6.13. The standard InChI is InChI=1S/C17H22N4O7/c1-28-10-4-2-9(3-5-10)6-11-16(27)20-17(19-11)21-18-7-12(23)14(25)15(26)13(24)8-22/h2-7,12-15,22-26H,8H2,1H3,(H2,19,20,21,27)/b11-6-,18-7?/t12-,13+,14+,15-/m0/s1. The molecule has 1 aliphatic rings. The van der Waals surface area contributed by atoms with Crippen molar-refractivity contribution in [2.24, 2.45) is 10.1 Å². The number of ether oxygens (including phenoxy) is 1. The van der Waals surface area contributed by atoms with Gasteiger partial charge in [-0.3, -0.25) is 10.1 Å². The number of benzene rings is 1. The highest BCUT2D eigenvalue weighted by Crippen LogP contribution is 2.15. The maximum atomic E-state index is 11.9. The quantitative estimate of drug-likeness (QED) is 0.144. The highest BCUT2D eigenvalue weighted by atomic mass is 16.5. The average molecular weight is 394 g/mol. The van der Waals surface area contributed by atoms with Crippen molar-refractivity contribution in [1.29, 1.82) is 0 Å². The van der Waals surface area contributed by atoms with Crippen LogP contribution in [-0.4, -0.2) is 81.7 Å². The predicted molar refractivity (Wildman–Crippen MR) is 99.3 cm³/mol. The monoisotopic (exact) mass is 394 g/mol. The molecule has 1 heterocycles. The third-order valence-electron chi connectivity index (χ3n) is 3.79. The van der Waals surface area contributed by atoms with Gasteiger partial charge < -0.3 is 30.3 Å². The van der Waals surface area contributed by atoms with Crippen molar-refractivity contribution in [3.63, 3.8) is 0 Å². The lowest BCUT2D eigenvalue weighted by atomic mass is 10.0. The highest BCUT2D eigenvalue weighted by Gasteiger charge is 2.29. The van der Waals surface area contributed by atoms with Crippen LogP contribution in [0, 0.1) is 0 Å². The summed E-state index contributed by atoms with van der Waals surface area (Å²) in [6.07, 6.45) is -4.41. The van der Waals surface area contributed by atoms with Crippen LogP contribution < -0.4 is 15.5 Å². The molecule has 0 aromatic heterocycles. The molecule has 0 saturated heterocycles. The molecule has 1 aromatic carbocycles. The van der Waals surface area contributed by atoms with Gasteiger partial charge in [0.2, 0.25) is 5.96 Å². The second kappa shape index (κ2) is 9.92. The molecule has 7 N–H and O–H groups in total. The molecule has 2 rings (SSSR count). The van der Waals surface area contributed by atoms with Gasteiger partial charge in [0.25, 0.3) is 5.91 Å². The Labute approximate surface area is 160 Å². The molecular weight excluding hydrogens is 372 g/mol. The SMILES string of the molecule is COc1ccc(/C=C2\N=C(NN=C[C@H](O)[C@@H](O)[C@@H](O)[C@H](O)CO)NC2=O)cc1. The third kappa shape index (κ3) is 5.58.